The van der Waals surface area contributed by atoms with E-state index in [2.05, 4.69) is 0 Å². The predicted octanol–water partition coefficient (Wildman–Crippen LogP) is 2.08. The van der Waals surface area contributed by atoms with Gasteiger partial charge in [0.05, 0.1) is 24.3 Å². The largest absolute Gasteiger partial charge is 0.492 e. The average Bonchev–Trinajstić information content (AvgIpc) is 3.03. The van der Waals surface area contributed by atoms with E-state index in [1.807, 2.05) is 36.1 Å². The smallest absolute Gasteiger partial charge is 0.228 e. The molecule has 0 saturated carbocycles. The van der Waals surface area contributed by atoms with Gasteiger partial charge in [0.1, 0.15) is 5.75 Å². The number of amides is 2. The lowest BCUT2D eigenvalue weighted by Crippen LogP contribution is -2.44. The minimum absolute atomic E-state index is 0.0164. The number of methoxy groups -OCH3 is 1. The number of anilines is 1. The molecule has 2 amide bonds. The Bertz CT molecular complexity index is 626. The number of carbonyl (C=O) groups is 2. The minimum Gasteiger partial charge on any atom is -0.492 e. The number of benzene rings is 1. The molecule has 2 heterocycles. The highest BCUT2D eigenvalue weighted by Crippen LogP contribution is 2.33. The third-order valence-corrected chi connectivity index (χ3v) is 5.02. The van der Waals surface area contributed by atoms with Crippen molar-refractivity contribution in [3.63, 3.8) is 0 Å². The Kier molecular flexibility index (Phi) is 5.58. The van der Waals surface area contributed by atoms with E-state index in [0.717, 1.165) is 18.5 Å². The first-order valence-electron chi connectivity index (χ1n) is 8.97. The lowest BCUT2D eigenvalue weighted by Gasteiger charge is -2.32. The number of likely N-dealkylation sites (tertiary alicyclic amines) is 1. The Morgan fingerprint density at radius 1 is 1.24 bits per heavy atom. The Labute approximate surface area is 148 Å². The molecule has 0 aliphatic carbocycles. The van der Waals surface area contributed by atoms with Crippen LogP contribution < -0.4 is 9.64 Å². The van der Waals surface area contributed by atoms with Crippen LogP contribution in [-0.2, 0) is 14.3 Å². The van der Waals surface area contributed by atoms with Crippen molar-refractivity contribution in [2.75, 3.05) is 38.3 Å². The van der Waals surface area contributed by atoms with Crippen molar-refractivity contribution in [2.24, 2.45) is 5.92 Å². The molecule has 0 spiro atoms. The summed E-state index contributed by atoms with van der Waals surface area (Å²) in [7, 11) is 1.71. The van der Waals surface area contributed by atoms with Gasteiger partial charge < -0.3 is 19.3 Å². The summed E-state index contributed by atoms with van der Waals surface area (Å²) in [6, 6.07) is 7.50. The summed E-state index contributed by atoms with van der Waals surface area (Å²) in [4.78, 5) is 28.9. The van der Waals surface area contributed by atoms with E-state index in [-0.39, 0.29) is 30.3 Å². The SMILES string of the molecule is CCOc1ccccc1N1C[C@@H](C(=O)N2CCC(OC)CC2)CC1=O. The molecule has 1 aromatic rings. The van der Waals surface area contributed by atoms with Crippen LogP contribution in [0.4, 0.5) is 5.69 Å². The molecule has 136 valence electrons. The number of hydrogen-bond donors (Lipinski definition) is 0. The topological polar surface area (TPSA) is 59.1 Å². The van der Waals surface area contributed by atoms with E-state index in [1.165, 1.54) is 0 Å². The molecular weight excluding hydrogens is 320 g/mol. The maximum Gasteiger partial charge on any atom is 0.228 e. The molecular formula is C19H26N2O4. The number of para-hydroxylation sites is 2. The van der Waals surface area contributed by atoms with Gasteiger partial charge in [-0.25, -0.2) is 0 Å². The zero-order chi connectivity index (χ0) is 17.8. The third-order valence-electron chi connectivity index (χ3n) is 5.02. The van der Waals surface area contributed by atoms with Crippen molar-refractivity contribution in [3.8, 4) is 5.75 Å². The molecule has 0 aromatic heterocycles. The van der Waals surface area contributed by atoms with Crippen molar-refractivity contribution in [1.82, 2.24) is 4.90 Å². The van der Waals surface area contributed by atoms with E-state index < -0.39 is 0 Å². The molecule has 2 aliphatic rings. The second-order valence-corrected chi connectivity index (χ2v) is 6.57. The Morgan fingerprint density at radius 3 is 2.64 bits per heavy atom. The van der Waals surface area contributed by atoms with E-state index in [4.69, 9.17) is 9.47 Å². The summed E-state index contributed by atoms with van der Waals surface area (Å²) in [6.45, 7) is 4.29. The summed E-state index contributed by atoms with van der Waals surface area (Å²) < 4.78 is 11.0. The molecule has 3 rings (SSSR count). The maximum atomic E-state index is 12.8. The molecule has 2 saturated heterocycles. The van der Waals surface area contributed by atoms with E-state index in [0.29, 0.717) is 32.0 Å². The standard InChI is InChI=1S/C19H26N2O4/c1-3-25-17-7-5-4-6-16(17)21-13-14(12-18(21)22)19(23)20-10-8-15(24-2)9-11-20/h4-7,14-15H,3,8-13H2,1-2H3/t14-/m0/s1. The van der Waals surface area contributed by atoms with Crippen LogP contribution in [0.15, 0.2) is 24.3 Å². The fourth-order valence-electron chi connectivity index (χ4n) is 3.63. The van der Waals surface area contributed by atoms with Crippen LogP contribution in [0, 0.1) is 5.92 Å². The molecule has 0 unspecified atom stereocenters. The number of rotatable bonds is 5. The molecule has 2 fully saturated rings. The van der Waals surface area contributed by atoms with Gasteiger partial charge in [0.2, 0.25) is 11.8 Å². The van der Waals surface area contributed by atoms with Crippen molar-refractivity contribution < 1.29 is 19.1 Å². The molecule has 25 heavy (non-hydrogen) atoms. The summed E-state index contributed by atoms with van der Waals surface area (Å²) in [5.74, 6) is 0.477. The second-order valence-electron chi connectivity index (χ2n) is 6.57. The normalized spacial score (nSPS) is 21.7. The Morgan fingerprint density at radius 2 is 1.96 bits per heavy atom. The van der Waals surface area contributed by atoms with Crippen LogP contribution in [0.1, 0.15) is 26.2 Å². The first-order valence-corrected chi connectivity index (χ1v) is 8.97. The highest BCUT2D eigenvalue weighted by Gasteiger charge is 2.38. The first kappa shape index (κ1) is 17.7. The van der Waals surface area contributed by atoms with Crippen LogP contribution in [0.5, 0.6) is 5.75 Å². The maximum absolute atomic E-state index is 12.8. The van der Waals surface area contributed by atoms with Crippen molar-refractivity contribution >= 4 is 17.5 Å². The summed E-state index contributed by atoms with van der Waals surface area (Å²) in [5.41, 5.74) is 0.753. The molecule has 0 bridgehead atoms. The molecule has 2 aliphatic heterocycles. The third kappa shape index (κ3) is 3.79. The second kappa shape index (κ2) is 7.87. The van der Waals surface area contributed by atoms with Crippen LogP contribution in [-0.4, -0.2) is 56.2 Å². The monoisotopic (exact) mass is 346 g/mol. The van der Waals surface area contributed by atoms with E-state index in [1.54, 1.807) is 12.0 Å². The van der Waals surface area contributed by atoms with E-state index >= 15 is 0 Å². The summed E-state index contributed by atoms with van der Waals surface area (Å²) >= 11 is 0. The minimum atomic E-state index is -0.277. The van der Waals surface area contributed by atoms with Crippen LogP contribution in [0.3, 0.4) is 0 Å². The summed E-state index contributed by atoms with van der Waals surface area (Å²) in [6.07, 6.45) is 2.23. The average molecular weight is 346 g/mol. The van der Waals surface area contributed by atoms with Crippen LogP contribution in [0.2, 0.25) is 0 Å². The number of ether oxygens (including phenoxy) is 2. The highest BCUT2D eigenvalue weighted by molar-refractivity contribution is 6.01. The van der Waals surface area contributed by atoms with Crippen LogP contribution in [0.25, 0.3) is 0 Å². The number of nitrogens with zero attached hydrogens (tertiary/aromatic N) is 2. The fourth-order valence-corrected chi connectivity index (χ4v) is 3.63. The van der Waals surface area contributed by atoms with Gasteiger partial charge in [-0.2, -0.15) is 0 Å². The van der Waals surface area contributed by atoms with E-state index in [9.17, 15) is 9.59 Å². The molecule has 0 N–H and O–H groups in total. The van der Waals surface area contributed by atoms with Crippen molar-refractivity contribution in [2.45, 2.75) is 32.3 Å². The van der Waals surface area contributed by atoms with Gasteiger partial charge >= 0.3 is 0 Å². The lowest BCUT2D eigenvalue weighted by atomic mass is 10.0. The number of hydrogen-bond acceptors (Lipinski definition) is 4. The van der Waals surface area contributed by atoms with Gasteiger partial charge in [-0.3, -0.25) is 9.59 Å². The zero-order valence-corrected chi connectivity index (χ0v) is 14.9. The van der Waals surface area contributed by atoms with Crippen LogP contribution >= 0.6 is 0 Å². The van der Waals surface area contributed by atoms with Gasteiger partial charge in [0.15, 0.2) is 0 Å². The number of piperidine rings is 1. The molecule has 1 atom stereocenters. The van der Waals surface area contributed by atoms with Gasteiger partial charge in [-0.15, -0.1) is 0 Å². The van der Waals surface area contributed by atoms with Crippen molar-refractivity contribution in [1.29, 1.82) is 0 Å². The van der Waals surface area contributed by atoms with Crippen molar-refractivity contribution in [3.05, 3.63) is 24.3 Å². The lowest BCUT2D eigenvalue weighted by molar-refractivity contribution is -0.138. The quantitative estimate of drug-likeness (QED) is 0.819. The molecule has 0 radical (unpaired) electrons. The van der Waals surface area contributed by atoms with Gasteiger partial charge in [-0.1, -0.05) is 12.1 Å². The highest BCUT2D eigenvalue weighted by atomic mass is 16.5. The zero-order valence-electron chi connectivity index (χ0n) is 14.9. The number of carbonyl (C=O) groups excluding carboxylic acids is 2. The molecule has 1 aromatic carbocycles. The molecule has 6 nitrogen and oxygen atoms in total. The summed E-state index contributed by atoms with van der Waals surface area (Å²) in [5, 5.41) is 0. The molecule has 6 heteroatoms. The van der Waals surface area contributed by atoms with Gasteiger partial charge in [-0.05, 0) is 31.9 Å². The van der Waals surface area contributed by atoms with Gasteiger partial charge in [0.25, 0.3) is 0 Å². The Balaban J connectivity index is 1.67. The predicted molar refractivity (Wildman–Crippen MR) is 94.7 cm³/mol. The van der Waals surface area contributed by atoms with Gasteiger partial charge in [0, 0.05) is 33.2 Å². The fraction of sp³-hybridized carbons (Fsp3) is 0.579. The first-order chi connectivity index (χ1) is 12.1. The Hall–Kier alpha value is -2.08.